The Balaban J connectivity index is 0.00000200. The van der Waals surface area contributed by atoms with Crippen LogP contribution in [-0.2, 0) is 32.7 Å². The van der Waals surface area contributed by atoms with Gasteiger partial charge in [0.1, 0.15) is 5.75 Å². The smallest absolute Gasteiger partial charge is 0.116 e. The molecular formula is C17H16NOY-. The number of rotatable bonds is 3. The van der Waals surface area contributed by atoms with E-state index in [0.717, 1.165) is 34.8 Å². The molecule has 0 amide bonds. The van der Waals surface area contributed by atoms with Crippen LogP contribution in [0.1, 0.15) is 12.5 Å². The summed E-state index contributed by atoms with van der Waals surface area (Å²) in [5.41, 5.74) is 3.67. The van der Waals surface area contributed by atoms with Crippen LogP contribution in [0.2, 0.25) is 0 Å². The Morgan fingerprint density at radius 2 is 2.00 bits per heavy atom. The topological polar surface area (TPSA) is 12.5 Å². The first kappa shape index (κ1) is 16.8. The van der Waals surface area contributed by atoms with E-state index >= 15 is 0 Å². The van der Waals surface area contributed by atoms with Crippen molar-refractivity contribution in [2.45, 2.75) is 6.92 Å². The molecule has 1 radical (unpaired) electrons. The summed E-state index contributed by atoms with van der Waals surface area (Å²) in [6, 6.07) is 7.87. The third-order valence-electron chi connectivity index (χ3n) is 3.10. The molecular weight excluding hydrogens is 323 g/mol. The summed E-state index contributed by atoms with van der Waals surface area (Å²) in [7, 11) is 1.66. The first-order chi connectivity index (χ1) is 9.21. The second-order valence-electron chi connectivity index (χ2n) is 4.11. The van der Waals surface area contributed by atoms with Crippen LogP contribution >= 0.6 is 0 Å². The van der Waals surface area contributed by atoms with Crippen molar-refractivity contribution >= 4 is 5.70 Å². The third kappa shape index (κ3) is 3.23. The van der Waals surface area contributed by atoms with Crippen molar-refractivity contribution in [3.05, 3.63) is 59.8 Å². The van der Waals surface area contributed by atoms with Gasteiger partial charge < -0.3 is 9.64 Å². The molecule has 2 rings (SSSR count). The Kier molecular flexibility index (Phi) is 6.26. The fraction of sp³-hybridized carbons (Fsp3) is 0.176. The molecule has 0 N–H and O–H groups in total. The zero-order chi connectivity index (χ0) is 13.8. The van der Waals surface area contributed by atoms with E-state index in [2.05, 4.69) is 30.4 Å². The molecule has 0 spiro atoms. The van der Waals surface area contributed by atoms with Gasteiger partial charge in [-0.1, -0.05) is 23.4 Å². The van der Waals surface area contributed by atoms with Crippen molar-refractivity contribution < 1.29 is 37.4 Å². The van der Waals surface area contributed by atoms with E-state index < -0.39 is 0 Å². The fourth-order valence-electron chi connectivity index (χ4n) is 2.04. The van der Waals surface area contributed by atoms with E-state index in [4.69, 9.17) is 11.2 Å². The van der Waals surface area contributed by atoms with Gasteiger partial charge in [0, 0.05) is 39.3 Å². The molecule has 0 aromatic heterocycles. The summed E-state index contributed by atoms with van der Waals surface area (Å²) in [5, 5.41) is 0. The Morgan fingerprint density at radius 3 is 2.50 bits per heavy atom. The van der Waals surface area contributed by atoms with Crippen molar-refractivity contribution in [3.8, 4) is 18.1 Å². The number of ether oxygens (including phenoxy) is 1. The number of hydrogen-bond donors (Lipinski definition) is 0. The minimum absolute atomic E-state index is 0. The predicted octanol–water partition coefficient (Wildman–Crippen LogP) is 3.25. The maximum atomic E-state index is 5.46. The van der Waals surface area contributed by atoms with E-state index in [0.29, 0.717) is 0 Å². The fourth-order valence-corrected chi connectivity index (χ4v) is 2.04. The van der Waals surface area contributed by atoms with Gasteiger partial charge in [-0.25, -0.2) is 0 Å². The number of likely N-dealkylation sites (N-methyl/N-ethyl adjacent to an activating group) is 1. The third-order valence-corrected chi connectivity index (χ3v) is 3.10. The van der Waals surface area contributed by atoms with E-state index in [-0.39, 0.29) is 32.7 Å². The van der Waals surface area contributed by atoms with Gasteiger partial charge in [-0.15, -0.1) is 24.5 Å². The summed E-state index contributed by atoms with van der Waals surface area (Å²) in [6.07, 6.45) is 10.5. The van der Waals surface area contributed by atoms with Gasteiger partial charge in [-0.2, -0.15) is 12.2 Å². The van der Waals surface area contributed by atoms with Crippen molar-refractivity contribution in [1.29, 1.82) is 0 Å². The molecule has 0 fully saturated rings. The SMILES string of the molecule is C#CC1=C[C-]=C(c2ccc(OC)cc2)N(CC)C1=C.[Y]. The molecule has 2 nitrogen and oxygen atoms in total. The second-order valence-corrected chi connectivity index (χ2v) is 4.11. The van der Waals surface area contributed by atoms with E-state index in [1.165, 1.54) is 0 Å². The largest absolute Gasteiger partial charge is 0.497 e. The standard InChI is InChI=1S/C17H16NO.Y/c1-5-14-9-12-17(18(6-2)13(14)3)15-7-10-16(19-4)11-8-15;/h1,7-11H,3,6H2,2,4H3;/q-1;. The summed E-state index contributed by atoms with van der Waals surface area (Å²) < 4.78 is 5.17. The molecule has 1 aliphatic rings. The molecule has 0 saturated heterocycles. The Labute approximate surface area is 146 Å². The van der Waals surface area contributed by atoms with Crippen LogP contribution in [0.25, 0.3) is 5.70 Å². The summed E-state index contributed by atoms with van der Waals surface area (Å²) in [5.74, 6) is 3.47. The maximum absolute atomic E-state index is 5.46. The van der Waals surface area contributed by atoms with Gasteiger partial charge >= 0.3 is 0 Å². The van der Waals surface area contributed by atoms with Gasteiger partial charge in [0.25, 0.3) is 0 Å². The average Bonchev–Trinajstić information content (AvgIpc) is 2.47. The quantitative estimate of drug-likeness (QED) is 0.619. The maximum Gasteiger partial charge on any atom is 0.116 e. The molecule has 1 aromatic carbocycles. The zero-order valence-corrected chi connectivity index (χ0v) is 14.6. The van der Waals surface area contributed by atoms with Crippen molar-refractivity contribution in [2.75, 3.05) is 13.7 Å². The summed E-state index contributed by atoms with van der Waals surface area (Å²) in [4.78, 5) is 2.07. The van der Waals surface area contributed by atoms with E-state index in [9.17, 15) is 0 Å². The number of methoxy groups -OCH3 is 1. The van der Waals surface area contributed by atoms with Gasteiger partial charge in [-0.3, -0.25) is 0 Å². The van der Waals surface area contributed by atoms with E-state index in [1.807, 2.05) is 30.3 Å². The van der Waals surface area contributed by atoms with Crippen LogP contribution in [0, 0.1) is 18.4 Å². The van der Waals surface area contributed by atoms with Crippen LogP contribution in [-0.4, -0.2) is 18.6 Å². The van der Waals surface area contributed by atoms with Crippen molar-refractivity contribution in [3.63, 3.8) is 0 Å². The predicted molar refractivity (Wildman–Crippen MR) is 78.1 cm³/mol. The normalized spacial score (nSPS) is 13.8. The van der Waals surface area contributed by atoms with Gasteiger partial charge in [-0.05, 0) is 24.8 Å². The summed E-state index contributed by atoms with van der Waals surface area (Å²) >= 11 is 0. The Hall–Kier alpha value is -1.30. The monoisotopic (exact) mass is 339 g/mol. The molecule has 1 aliphatic heterocycles. The molecule has 20 heavy (non-hydrogen) atoms. The molecule has 1 aromatic rings. The van der Waals surface area contributed by atoms with Crippen molar-refractivity contribution in [2.24, 2.45) is 0 Å². The number of terminal acetylenes is 1. The van der Waals surface area contributed by atoms with Crippen LogP contribution in [0.5, 0.6) is 5.75 Å². The first-order valence-electron chi connectivity index (χ1n) is 6.12. The zero-order valence-electron chi connectivity index (χ0n) is 11.8. The van der Waals surface area contributed by atoms with Crippen molar-refractivity contribution in [1.82, 2.24) is 4.90 Å². The van der Waals surface area contributed by atoms with Gasteiger partial charge in [0.15, 0.2) is 0 Å². The van der Waals surface area contributed by atoms with Gasteiger partial charge in [0.2, 0.25) is 0 Å². The minimum Gasteiger partial charge on any atom is -0.497 e. The Bertz CT molecular complexity index is 590. The summed E-state index contributed by atoms with van der Waals surface area (Å²) in [6.45, 7) is 6.92. The Morgan fingerprint density at radius 1 is 1.35 bits per heavy atom. The molecule has 0 bridgehead atoms. The van der Waals surface area contributed by atoms with Gasteiger partial charge in [0.05, 0.1) is 7.11 Å². The molecule has 0 atom stereocenters. The number of nitrogens with zero attached hydrogens (tertiary/aromatic N) is 1. The van der Waals surface area contributed by atoms with Crippen LogP contribution in [0.4, 0.5) is 0 Å². The van der Waals surface area contributed by atoms with Crippen LogP contribution in [0.3, 0.4) is 0 Å². The van der Waals surface area contributed by atoms with Crippen LogP contribution in [0.15, 0.2) is 48.2 Å². The number of hydrogen-bond acceptors (Lipinski definition) is 2. The molecule has 1 heterocycles. The molecule has 3 heteroatoms. The second kappa shape index (κ2) is 7.48. The molecule has 0 aliphatic carbocycles. The van der Waals surface area contributed by atoms with Crippen LogP contribution < -0.4 is 4.74 Å². The average molecular weight is 339 g/mol. The first-order valence-corrected chi connectivity index (χ1v) is 6.12. The molecule has 0 unspecified atom stereocenters. The molecule has 0 saturated carbocycles. The molecule has 99 valence electrons. The number of allylic oxidation sites excluding steroid dienone is 3. The minimum atomic E-state index is 0. The van der Waals surface area contributed by atoms with E-state index in [1.54, 1.807) is 7.11 Å². The number of benzene rings is 1.